The second-order valence-electron chi connectivity index (χ2n) is 4.77. The lowest BCUT2D eigenvalue weighted by atomic mass is 10.1. The smallest absolute Gasteiger partial charge is 0.0897 e. The molecule has 0 radical (unpaired) electrons. The number of thiazole rings is 1. The van der Waals surface area contributed by atoms with Crippen molar-refractivity contribution < 1.29 is 0 Å². The molecule has 98 valence electrons. The number of nitrogens with one attached hydrogen (secondary N) is 1. The van der Waals surface area contributed by atoms with Gasteiger partial charge in [0, 0.05) is 24.2 Å². The van der Waals surface area contributed by atoms with Gasteiger partial charge >= 0.3 is 0 Å². The van der Waals surface area contributed by atoms with E-state index in [0.717, 1.165) is 17.2 Å². The summed E-state index contributed by atoms with van der Waals surface area (Å²) in [6.45, 7) is 9.27. The van der Waals surface area contributed by atoms with Crippen molar-refractivity contribution in [3.05, 3.63) is 34.0 Å². The van der Waals surface area contributed by atoms with E-state index in [1.165, 1.54) is 5.56 Å². The Balaban J connectivity index is 1.89. The molecule has 0 saturated heterocycles. The minimum Gasteiger partial charge on any atom is -0.306 e. The van der Waals surface area contributed by atoms with Crippen LogP contribution in [-0.2, 0) is 6.54 Å². The van der Waals surface area contributed by atoms with E-state index in [2.05, 4.69) is 47.7 Å². The molecule has 1 N–H and O–H groups in total. The topological polar surface area (TPSA) is 42.7 Å². The highest BCUT2D eigenvalue weighted by molar-refractivity contribution is 7.09. The van der Waals surface area contributed by atoms with E-state index < -0.39 is 0 Å². The Labute approximate surface area is 112 Å². The van der Waals surface area contributed by atoms with Gasteiger partial charge in [0.05, 0.1) is 22.9 Å². The molecule has 0 amide bonds. The van der Waals surface area contributed by atoms with Crippen molar-refractivity contribution in [3.8, 4) is 0 Å². The van der Waals surface area contributed by atoms with Gasteiger partial charge in [-0.05, 0) is 33.3 Å². The van der Waals surface area contributed by atoms with Gasteiger partial charge in [-0.2, -0.15) is 5.10 Å². The van der Waals surface area contributed by atoms with E-state index in [1.54, 1.807) is 11.3 Å². The summed E-state index contributed by atoms with van der Waals surface area (Å²) in [4.78, 5) is 4.45. The average molecular weight is 264 g/mol. The third-order valence-corrected chi connectivity index (χ3v) is 3.97. The predicted molar refractivity (Wildman–Crippen MR) is 74.8 cm³/mol. The van der Waals surface area contributed by atoms with Gasteiger partial charge in [0.25, 0.3) is 0 Å². The summed E-state index contributed by atoms with van der Waals surface area (Å²) < 4.78 is 2.01. The molecule has 4 nitrogen and oxygen atoms in total. The SMILES string of the molecule is Cc1cnn([C@@H](C)[C@H](C)NCc2csc(C)n2)c1. The van der Waals surface area contributed by atoms with Crippen LogP contribution in [0.25, 0.3) is 0 Å². The Morgan fingerprint density at radius 1 is 1.39 bits per heavy atom. The van der Waals surface area contributed by atoms with E-state index in [-0.39, 0.29) is 0 Å². The molecule has 0 unspecified atom stereocenters. The lowest BCUT2D eigenvalue weighted by Gasteiger charge is -2.21. The summed E-state index contributed by atoms with van der Waals surface area (Å²) in [6, 6.07) is 0.685. The fraction of sp³-hybridized carbons (Fsp3) is 0.538. The minimum absolute atomic E-state index is 0.332. The maximum absolute atomic E-state index is 4.45. The van der Waals surface area contributed by atoms with E-state index in [4.69, 9.17) is 0 Å². The van der Waals surface area contributed by atoms with Gasteiger partial charge in [0.15, 0.2) is 0 Å². The number of hydrogen-bond acceptors (Lipinski definition) is 4. The lowest BCUT2D eigenvalue weighted by molar-refractivity contribution is 0.364. The van der Waals surface area contributed by atoms with Crippen LogP contribution in [0.4, 0.5) is 0 Å². The second-order valence-corrected chi connectivity index (χ2v) is 5.83. The molecular formula is C13H20N4S. The molecule has 2 aromatic rings. The molecule has 0 fully saturated rings. The second kappa shape index (κ2) is 5.63. The molecule has 2 rings (SSSR count). The highest BCUT2D eigenvalue weighted by Crippen LogP contribution is 2.12. The van der Waals surface area contributed by atoms with E-state index in [0.29, 0.717) is 12.1 Å². The quantitative estimate of drug-likeness (QED) is 0.903. The van der Waals surface area contributed by atoms with Crippen molar-refractivity contribution in [2.24, 2.45) is 0 Å². The minimum atomic E-state index is 0.332. The first-order chi connectivity index (χ1) is 8.56. The van der Waals surface area contributed by atoms with Gasteiger partial charge in [0.1, 0.15) is 0 Å². The molecule has 5 heteroatoms. The zero-order valence-electron chi connectivity index (χ0n) is 11.3. The highest BCUT2D eigenvalue weighted by atomic mass is 32.1. The first kappa shape index (κ1) is 13.2. The molecule has 18 heavy (non-hydrogen) atoms. The number of aromatic nitrogens is 3. The van der Waals surface area contributed by atoms with Crippen LogP contribution in [0.1, 0.15) is 36.2 Å². The Hall–Kier alpha value is -1.20. The first-order valence-electron chi connectivity index (χ1n) is 6.21. The maximum Gasteiger partial charge on any atom is 0.0897 e. The van der Waals surface area contributed by atoms with E-state index in [1.807, 2.05) is 17.8 Å². The summed E-state index contributed by atoms with van der Waals surface area (Å²) in [5.74, 6) is 0. The van der Waals surface area contributed by atoms with Crippen LogP contribution in [0.2, 0.25) is 0 Å². The van der Waals surface area contributed by atoms with Gasteiger partial charge in [-0.3, -0.25) is 4.68 Å². The summed E-state index contributed by atoms with van der Waals surface area (Å²) in [5, 5.41) is 11.1. The fourth-order valence-corrected chi connectivity index (χ4v) is 2.42. The molecule has 0 aliphatic rings. The molecule has 0 aromatic carbocycles. The predicted octanol–water partition coefficient (Wildman–Crippen LogP) is 2.70. The number of hydrogen-bond donors (Lipinski definition) is 1. The maximum atomic E-state index is 4.45. The molecule has 0 spiro atoms. The zero-order valence-corrected chi connectivity index (χ0v) is 12.2. The van der Waals surface area contributed by atoms with E-state index >= 15 is 0 Å². The lowest BCUT2D eigenvalue weighted by Crippen LogP contribution is -2.33. The van der Waals surface area contributed by atoms with Gasteiger partial charge in [-0.25, -0.2) is 4.98 Å². The molecule has 0 bridgehead atoms. The molecule has 0 saturated carbocycles. The van der Waals surface area contributed by atoms with Crippen LogP contribution >= 0.6 is 11.3 Å². The van der Waals surface area contributed by atoms with Crippen molar-refractivity contribution >= 4 is 11.3 Å². The number of rotatable bonds is 5. The average Bonchev–Trinajstić information content (AvgIpc) is 2.94. The van der Waals surface area contributed by atoms with Crippen LogP contribution in [0.15, 0.2) is 17.8 Å². The summed E-state index contributed by atoms with van der Waals surface area (Å²) in [7, 11) is 0. The standard InChI is InChI=1S/C13H20N4S/c1-9-5-15-17(7-9)11(3)10(2)14-6-13-8-18-12(4)16-13/h5,7-8,10-11,14H,6H2,1-4H3/t10-,11-/m0/s1. The normalized spacial score (nSPS) is 14.7. The summed E-state index contributed by atoms with van der Waals surface area (Å²) in [5.41, 5.74) is 2.32. The zero-order chi connectivity index (χ0) is 13.1. The highest BCUT2D eigenvalue weighted by Gasteiger charge is 2.14. The van der Waals surface area contributed by atoms with Gasteiger partial charge in [0.2, 0.25) is 0 Å². The number of aryl methyl sites for hydroxylation is 2. The van der Waals surface area contributed by atoms with Crippen molar-refractivity contribution in [2.75, 3.05) is 0 Å². The summed E-state index contributed by atoms with van der Waals surface area (Å²) >= 11 is 1.70. The van der Waals surface area contributed by atoms with E-state index in [9.17, 15) is 0 Å². The molecule has 0 aliphatic heterocycles. The Kier molecular flexibility index (Phi) is 4.14. The van der Waals surface area contributed by atoms with Gasteiger partial charge in [-0.1, -0.05) is 0 Å². The molecule has 2 heterocycles. The van der Waals surface area contributed by atoms with Crippen molar-refractivity contribution in [3.63, 3.8) is 0 Å². The monoisotopic (exact) mass is 264 g/mol. The van der Waals surface area contributed by atoms with Crippen molar-refractivity contribution in [1.29, 1.82) is 0 Å². The van der Waals surface area contributed by atoms with Gasteiger partial charge in [-0.15, -0.1) is 11.3 Å². The molecule has 2 aromatic heterocycles. The molecule has 0 aliphatic carbocycles. The largest absolute Gasteiger partial charge is 0.306 e. The number of nitrogens with zero attached hydrogens (tertiary/aromatic N) is 3. The van der Waals surface area contributed by atoms with Crippen molar-refractivity contribution in [1.82, 2.24) is 20.1 Å². The third-order valence-electron chi connectivity index (χ3n) is 3.14. The first-order valence-corrected chi connectivity index (χ1v) is 7.09. The van der Waals surface area contributed by atoms with Crippen LogP contribution in [0.3, 0.4) is 0 Å². The Morgan fingerprint density at radius 2 is 2.17 bits per heavy atom. The fourth-order valence-electron chi connectivity index (χ4n) is 1.81. The van der Waals surface area contributed by atoms with Crippen LogP contribution in [-0.4, -0.2) is 20.8 Å². The summed E-state index contributed by atoms with van der Waals surface area (Å²) in [6.07, 6.45) is 3.98. The van der Waals surface area contributed by atoms with Gasteiger partial charge < -0.3 is 5.32 Å². The van der Waals surface area contributed by atoms with Crippen LogP contribution in [0, 0.1) is 13.8 Å². The molecular weight excluding hydrogens is 244 g/mol. The Bertz CT molecular complexity index is 503. The van der Waals surface area contributed by atoms with Crippen molar-refractivity contribution in [2.45, 2.75) is 46.3 Å². The Morgan fingerprint density at radius 3 is 2.72 bits per heavy atom. The van der Waals surface area contributed by atoms with Crippen LogP contribution in [0.5, 0.6) is 0 Å². The molecule has 2 atom stereocenters. The third kappa shape index (κ3) is 3.17. The van der Waals surface area contributed by atoms with Crippen LogP contribution < -0.4 is 5.32 Å².